The summed E-state index contributed by atoms with van der Waals surface area (Å²) in [5, 5.41) is 3.11. The number of likely N-dealkylation sites (tertiary alicyclic amines) is 1. The van der Waals surface area contributed by atoms with E-state index in [1.54, 1.807) is 0 Å². The fourth-order valence-corrected chi connectivity index (χ4v) is 3.39. The Bertz CT molecular complexity index is 580. The first-order chi connectivity index (χ1) is 11.4. The van der Waals surface area contributed by atoms with Crippen molar-refractivity contribution in [3.8, 4) is 0 Å². The number of carbonyl (C=O) groups excluding carboxylic acids is 2. The highest BCUT2D eigenvalue weighted by Gasteiger charge is 2.32. The van der Waals surface area contributed by atoms with Crippen molar-refractivity contribution in [2.75, 3.05) is 18.4 Å². The van der Waals surface area contributed by atoms with E-state index in [-0.39, 0.29) is 23.8 Å². The maximum atomic E-state index is 12.7. The van der Waals surface area contributed by atoms with Crippen LogP contribution in [0.4, 0.5) is 5.69 Å². The number of rotatable bonds is 6. The number of nitrogens with one attached hydrogen (secondary N) is 2. The maximum Gasteiger partial charge on any atom is 0.282 e. The summed E-state index contributed by atoms with van der Waals surface area (Å²) in [7, 11) is 0. The molecule has 1 aliphatic heterocycles. The molecule has 0 unspecified atom stereocenters. The lowest BCUT2D eigenvalue weighted by atomic mass is 9.95. The summed E-state index contributed by atoms with van der Waals surface area (Å²) >= 11 is 0. The van der Waals surface area contributed by atoms with Gasteiger partial charge in [0.2, 0.25) is 5.91 Å². The second-order valence-electron chi connectivity index (χ2n) is 6.94. The zero-order chi connectivity index (χ0) is 17.7. The minimum atomic E-state index is -0.214. The molecule has 1 saturated heterocycles. The minimum Gasteiger partial charge on any atom is -0.369 e. The van der Waals surface area contributed by atoms with Crippen LogP contribution < -0.4 is 16.0 Å². The second-order valence-corrected chi connectivity index (χ2v) is 6.94. The van der Waals surface area contributed by atoms with Crippen molar-refractivity contribution in [1.82, 2.24) is 0 Å². The highest BCUT2D eigenvalue weighted by atomic mass is 16.2. The zero-order valence-electron chi connectivity index (χ0n) is 15.0. The van der Waals surface area contributed by atoms with Gasteiger partial charge in [-0.15, -0.1) is 0 Å². The van der Waals surface area contributed by atoms with Crippen molar-refractivity contribution >= 4 is 17.5 Å². The van der Waals surface area contributed by atoms with Crippen LogP contribution in [0.2, 0.25) is 0 Å². The van der Waals surface area contributed by atoms with E-state index in [4.69, 9.17) is 5.73 Å². The van der Waals surface area contributed by atoms with Crippen molar-refractivity contribution in [2.24, 2.45) is 11.7 Å². The highest BCUT2D eigenvalue weighted by Crippen LogP contribution is 2.26. The first-order valence-corrected chi connectivity index (χ1v) is 8.97. The first-order valence-electron chi connectivity index (χ1n) is 8.97. The van der Waals surface area contributed by atoms with Crippen LogP contribution in [0, 0.1) is 5.92 Å². The second kappa shape index (κ2) is 8.29. The van der Waals surface area contributed by atoms with Crippen LogP contribution in [0.25, 0.3) is 0 Å². The third kappa shape index (κ3) is 4.35. The molecule has 24 heavy (non-hydrogen) atoms. The average Bonchev–Trinajstić information content (AvgIpc) is 2.60. The molecule has 2 rings (SSSR count). The molecule has 2 atom stereocenters. The molecule has 0 bridgehead atoms. The normalized spacial score (nSPS) is 23.3. The average molecular weight is 332 g/mol. The Balaban J connectivity index is 1.99. The van der Waals surface area contributed by atoms with Crippen LogP contribution >= 0.6 is 0 Å². The van der Waals surface area contributed by atoms with Gasteiger partial charge in [0.25, 0.3) is 5.91 Å². The quantitative estimate of drug-likeness (QED) is 0.734. The van der Waals surface area contributed by atoms with E-state index < -0.39 is 0 Å². The Morgan fingerprint density at radius 2 is 1.88 bits per heavy atom. The minimum absolute atomic E-state index is 0.0323. The molecule has 5 nitrogen and oxygen atoms in total. The van der Waals surface area contributed by atoms with Gasteiger partial charge in [0.1, 0.15) is 0 Å². The Kier molecular flexibility index (Phi) is 6.37. The standard InChI is InChI=1S/C19H29N3O2/c1-4-13(2)16-7-5-6-8-17(16)21-19(24)14(3)22-11-9-15(10-12-22)18(20)23/h5-8,13-15H,4,9-12H2,1-3H3,(H2,20,23)(H,21,24)/p+1/t13-,14+/m1/s1. The number of amides is 2. The monoisotopic (exact) mass is 332 g/mol. The van der Waals surface area contributed by atoms with E-state index in [2.05, 4.69) is 25.2 Å². The number of hydrogen-bond donors (Lipinski definition) is 3. The number of para-hydroxylation sites is 1. The molecule has 0 aliphatic carbocycles. The van der Waals surface area contributed by atoms with E-state index in [1.807, 2.05) is 25.1 Å². The van der Waals surface area contributed by atoms with Crippen molar-refractivity contribution in [1.29, 1.82) is 0 Å². The lowest BCUT2D eigenvalue weighted by molar-refractivity contribution is -0.919. The Morgan fingerprint density at radius 3 is 2.46 bits per heavy atom. The number of benzene rings is 1. The molecule has 1 heterocycles. The van der Waals surface area contributed by atoms with Gasteiger partial charge in [0.15, 0.2) is 6.04 Å². The van der Waals surface area contributed by atoms with Crippen LogP contribution in [0.3, 0.4) is 0 Å². The van der Waals surface area contributed by atoms with Crippen LogP contribution in [0.15, 0.2) is 24.3 Å². The van der Waals surface area contributed by atoms with E-state index in [1.165, 1.54) is 10.5 Å². The predicted octanol–water partition coefficient (Wildman–Crippen LogP) is 1.31. The molecule has 4 N–H and O–H groups in total. The van der Waals surface area contributed by atoms with Crippen molar-refractivity contribution in [2.45, 2.75) is 52.0 Å². The predicted molar refractivity (Wildman–Crippen MR) is 95.9 cm³/mol. The molecule has 1 fully saturated rings. The number of quaternary nitrogens is 1. The molecule has 2 amide bonds. The smallest absolute Gasteiger partial charge is 0.282 e. The zero-order valence-corrected chi connectivity index (χ0v) is 15.0. The topological polar surface area (TPSA) is 76.6 Å². The van der Waals surface area contributed by atoms with E-state index in [9.17, 15) is 9.59 Å². The van der Waals surface area contributed by atoms with Crippen LogP contribution in [-0.4, -0.2) is 30.9 Å². The lowest BCUT2D eigenvalue weighted by Crippen LogP contribution is -3.17. The molecule has 0 aromatic heterocycles. The largest absolute Gasteiger partial charge is 0.369 e. The van der Waals surface area contributed by atoms with Gasteiger partial charge in [-0.25, -0.2) is 0 Å². The maximum absolute atomic E-state index is 12.7. The third-order valence-corrected chi connectivity index (χ3v) is 5.40. The van der Waals surface area contributed by atoms with Gasteiger partial charge in [-0.2, -0.15) is 0 Å². The van der Waals surface area contributed by atoms with Crippen molar-refractivity contribution in [3.63, 3.8) is 0 Å². The summed E-state index contributed by atoms with van der Waals surface area (Å²) < 4.78 is 0. The molecule has 0 spiro atoms. The number of hydrogen-bond acceptors (Lipinski definition) is 2. The molecule has 5 heteroatoms. The lowest BCUT2D eigenvalue weighted by Gasteiger charge is -2.31. The van der Waals surface area contributed by atoms with Gasteiger partial charge in [0, 0.05) is 24.4 Å². The molecular weight excluding hydrogens is 302 g/mol. The van der Waals surface area contributed by atoms with Gasteiger partial charge >= 0.3 is 0 Å². The van der Waals surface area contributed by atoms with Gasteiger partial charge in [-0.05, 0) is 30.9 Å². The highest BCUT2D eigenvalue weighted by molar-refractivity contribution is 5.94. The van der Waals surface area contributed by atoms with Gasteiger partial charge < -0.3 is 16.0 Å². The van der Waals surface area contributed by atoms with Gasteiger partial charge in [0.05, 0.1) is 13.1 Å². The van der Waals surface area contributed by atoms with Crippen molar-refractivity contribution < 1.29 is 14.5 Å². The van der Waals surface area contributed by atoms with Gasteiger partial charge in [-0.1, -0.05) is 32.0 Å². The first kappa shape index (κ1) is 18.5. The molecule has 1 aliphatic rings. The van der Waals surface area contributed by atoms with Crippen LogP contribution in [0.1, 0.15) is 51.5 Å². The molecular formula is C19H30N3O2+. The number of piperidine rings is 1. The third-order valence-electron chi connectivity index (χ3n) is 5.40. The number of carbonyl (C=O) groups is 2. The molecule has 1 aromatic carbocycles. The van der Waals surface area contributed by atoms with E-state index >= 15 is 0 Å². The summed E-state index contributed by atoms with van der Waals surface area (Å²) in [5.74, 6) is 0.206. The fraction of sp³-hybridized carbons (Fsp3) is 0.579. The number of nitrogens with two attached hydrogens (primary N) is 1. The molecule has 0 radical (unpaired) electrons. The molecule has 132 valence electrons. The SMILES string of the molecule is CC[C@@H](C)c1ccccc1NC(=O)[C@H](C)[NH+]1CCC(C(N)=O)CC1. The molecule has 0 saturated carbocycles. The fourth-order valence-electron chi connectivity index (χ4n) is 3.39. The van der Waals surface area contributed by atoms with Crippen LogP contribution in [0.5, 0.6) is 0 Å². The van der Waals surface area contributed by atoms with Crippen LogP contribution in [-0.2, 0) is 9.59 Å². The van der Waals surface area contributed by atoms with E-state index in [0.29, 0.717) is 5.92 Å². The summed E-state index contributed by atoms with van der Waals surface area (Å²) in [4.78, 5) is 25.2. The van der Waals surface area contributed by atoms with Crippen molar-refractivity contribution in [3.05, 3.63) is 29.8 Å². The Hall–Kier alpha value is -1.88. The summed E-state index contributed by atoms with van der Waals surface area (Å²) in [5.41, 5.74) is 7.48. The molecule has 1 aromatic rings. The van der Waals surface area contributed by atoms with Gasteiger partial charge in [-0.3, -0.25) is 9.59 Å². The summed E-state index contributed by atoms with van der Waals surface area (Å²) in [6.45, 7) is 7.92. The Morgan fingerprint density at radius 1 is 1.25 bits per heavy atom. The Labute approximate surface area is 144 Å². The number of anilines is 1. The summed E-state index contributed by atoms with van der Waals surface area (Å²) in [6.07, 6.45) is 2.58. The summed E-state index contributed by atoms with van der Waals surface area (Å²) in [6, 6.07) is 7.89. The number of primary amides is 1. The van der Waals surface area contributed by atoms with E-state index in [0.717, 1.165) is 38.0 Å².